The number of thiophene rings is 1. The lowest BCUT2D eigenvalue weighted by Gasteiger charge is -2.23. The van der Waals surface area contributed by atoms with Crippen molar-refractivity contribution >= 4 is 33.1 Å². The largest absolute Gasteiger partial charge is 0.324 e. The first-order valence-corrected chi connectivity index (χ1v) is 14.0. The van der Waals surface area contributed by atoms with E-state index in [4.69, 9.17) is 4.98 Å². The number of hydrogen-bond acceptors (Lipinski definition) is 5. The lowest BCUT2D eigenvalue weighted by molar-refractivity contribution is -0.119. The maximum atomic E-state index is 14.0. The number of rotatable bonds is 7. The van der Waals surface area contributed by atoms with E-state index in [1.165, 1.54) is 29.7 Å². The number of carbonyl (C=O) groups is 1. The van der Waals surface area contributed by atoms with E-state index in [0.29, 0.717) is 12.4 Å². The molecule has 5 rings (SSSR count). The van der Waals surface area contributed by atoms with Gasteiger partial charge in [0.15, 0.2) is 0 Å². The lowest BCUT2D eigenvalue weighted by Crippen LogP contribution is -2.37. The molecule has 35 heavy (non-hydrogen) atoms. The van der Waals surface area contributed by atoms with E-state index in [9.17, 15) is 9.59 Å². The number of carbonyl (C=O) groups excluding carboxylic acids is 1. The molecule has 1 fully saturated rings. The van der Waals surface area contributed by atoms with Gasteiger partial charge in [0.1, 0.15) is 16.7 Å². The van der Waals surface area contributed by atoms with Gasteiger partial charge in [0, 0.05) is 10.6 Å². The highest BCUT2D eigenvalue weighted by Crippen LogP contribution is 2.34. The Hall–Kier alpha value is -2.51. The predicted molar refractivity (Wildman–Crippen MR) is 144 cm³/mol. The van der Waals surface area contributed by atoms with Crippen LogP contribution >= 0.6 is 11.3 Å². The zero-order valence-electron chi connectivity index (χ0n) is 21.2. The second kappa shape index (κ2) is 10.2. The molecule has 0 bridgehead atoms. The van der Waals surface area contributed by atoms with Crippen LogP contribution in [0.25, 0.3) is 10.2 Å². The summed E-state index contributed by atoms with van der Waals surface area (Å²) in [6, 6.07) is 5.53. The summed E-state index contributed by atoms with van der Waals surface area (Å²) < 4.78 is 1.69. The number of anilines is 1. The zero-order chi connectivity index (χ0) is 24.5. The van der Waals surface area contributed by atoms with Gasteiger partial charge in [-0.25, -0.2) is 4.98 Å². The fraction of sp³-hybridized carbons (Fsp3) is 0.536. The number of amides is 1. The molecule has 1 atom stereocenters. The van der Waals surface area contributed by atoms with Gasteiger partial charge >= 0.3 is 0 Å². The van der Waals surface area contributed by atoms with Gasteiger partial charge in [-0.15, -0.1) is 11.3 Å². The van der Waals surface area contributed by atoms with E-state index in [0.717, 1.165) is 72.2 Å². The second-order valence-electron chi connectivity index (χ2n) is 9.90. The molecular formula is C28H36N4O2S. The third kappa shape index (κ3) is 4.56. The number of para-hydroxylation sites is 1. The summed E-state index contributed by atoms with van der Waals surface area (Å²) in [6.07, 6.45) is 8.26. The summed E-state index contributed by atoms with van der Waals surface area (Å²) in [4.78, 5) is 37.2. The molecule has 0 radical (unpaired) electrons. The van der Waals surface area contributed by atoms with Gasteiger partial charge in [0.05, 0.1) is 11.9 Å². The smallest absolute Gasteiger partial charge is 0.263 e. The van der Waals surface area contributed by atoms with E-state index in [1.54, 1.807) is 15.9 Å². The van der Waals surface area contributed by atoms with Gasteiger partial charge in [0.25, 0.3) is 5.56 Å². The fourth-order valence-corrected chi connectivity index (χ4v) is 6.93. The normalized spacial score (nSPS) is 17.0. The maximum Gasteiger partial charge on any atom is 0.263 e. The molecule has 1 aliphatic heterocycles. The molecule has 3 aromatic rings. The quantitative estimate of drug-likeness (QED) is 0.489. The van der Waals surface area contributed by atoms with Gasteiger partial charge in [-0.2, -0.15) is 0 Å². The van der Waals surface area contributed by atoms with Crippen LogP contribution in [-0.2, 0) is 37.0 Å². The summed E-state index contributed by atoms with van der Waals surface area (Å²) in [5.74, 6) is 0.556. The van der Waals surface area contributed by atoms with Crippen molar-refractivity contribution in [3.05, 3.63) is 55.9 Å². The van der Waals surface area contributed by atoms with E-state index in [-0.39, 0.29) is 11.5 Å². The molecule has 1 aromatic carbocycles. The molecule has 1 aliphatic carbocycles. The molecule has 1 unspecified atom stereocenters. The molecule has 1 saturated heterocycles. The molecule has 0 spiro atoms. The molecule has 2 aromatic heterocycles. The third-order valence-corrected chi connectivity index (χ3v) is 8.86. The van der Waals surface area contributed by atoms with Gasteiger partial charge in [-0.1, -0.05) is 32.0 Å². The maximum absolute atomic E-state index is 14.0. The first kappa shape index (κ1) is 24.2. The van der Waals surface area contributed by atoms with Crippen molar-refractivity contribution in [2.75, 3.05) is 18.4 Å². The second-order valence-corrected chi connectivity index (χ2v) is 11.0. The average molecular weight is 493 g/mol. The number of benzene rings is 1. The Morgan fingerprint density at radius 1 is 1.09 bits per heavy atom. The van der Waals surface area contributed by atoms with Crippen LogP contribution in [0.5, 0.6) is 0 Å². The summed E-state index contributed by atoms with van der Waals surface area (Å²) in [5, 5.41) is 3.94. The molecule has 1 amide bonds. The number of nitrogens with zero attached hydrogens (tertiary/aromatic N) is 3. The Labute approximate surface area is 211 Å². The molecule has 2 aliphatic rings. The van der Waals surface area contributed by atoms with Gasteiger partial charge in [-0.05, 0) is 88.1 Å². The van der Waals surface area contributed by atoms with Crippen LogP contribution in [0, 0.1) is 0 Å². The Morgan fingerprint density at radius 3 is 2.46 bits per heavy atom. The van der Waals surface area contributed by atoms with Crippen molar-refractivity contribution < 1.29 is 4.79 Å². The van der Waals surface area contributed by atoms with Crippen molar-refractivity contribution in [1.29, 1.82) is 0 Å². The van der Waals surface area contributed by atoms with E-state index < -0.39 is 6.04 Å². The van der Waals surface area contributed by atoms with E-state index in [2.05, 4.69) is 36.2 Å². The number of nitrogens with one attached hydrogen (secondary N) is 1. The minimum atomic E-state index is -0.647. The Morgan fingerprint density at radius 2 is 1.77 bits per heavy atom. The van der Waals surface area contributed by atoms with Crippen LogP contribution in [-0.4, -0.2) is 33.4 Å². The van der Waals surface area contributed by atoms with Crippen molar-refractivity contribution in [2.24, 2.45) is 0 Å². The van der Waals surface area contributed by atoms with Gasteiger partial charge < -0.3 is 5.32 Å². The Bertz CT molecular complexity index is 1280. The average Bonchev–Trinajstić information content (AvgIpc) is 3.51. The van der Waals surface area contributed by atoms with Crippen molar-refractivity contribution in [3.8, 4) is 0 Å². The van der Waals surface area contributed by atoms with Gasteiger partial charge in [0.2, 0.25) is 5.91 Å². The van der Waals surface area contributed by atoms with Crippen LogP contribution in [0.2, 0.25) is 0 Å². The fourth-order valence-electron chi connectivity index (χ4n) is 5.66. The summed E-state index contributed by atoms with van der Waals surface area (Å²) in [5.41, 5.74) is 4.26. The molecular weight excluding hydrogens is 456 g/mol. The molecule has 7 heteroatoms. The highest BCUT2D eigenvalue weighted by molar-refractivity contribution is 7.18. The number of aromatic nitrogens is 2. The first-order chi connectivity index (χ1) is 17.0. The van der Waals surface area contributed by atoms with Crippen LogP contribution in [0.1, 0.15) is 79.9 Å². The van der Waals surface area contributed by atoms with E-state index in [1.807, 2.05) is 13.0 Å². The van der Waals surface area contributed by atoms with Crippen LogP contribution in [0.3, 0.4) is 0 Å². The minimum absolute atomic E-state index is 0.0502. The lowest BCUT2D eigenvalue weighted by atomic mass is 9.97. The number of aryl methyl sites for hydroxylation is 4. The zero-order valence-corrected chi connectivity index (χ0v) is 22.0. The Balaban J connectivity index is 1.58. The summed E-state index contributed by atoms with van der Waals surface area (Å²) in [7, 11) is 0. The number of likely N-dealkylation sites (tertiary alicyclic amines) is 1. The predicted octanol–water partition coefficient (Wildman–Crippen LogP) is 5.26. The van der Waals surface area contributed by atoms with Crippen molar-refractivity contribution in [3.63, 3.8) is 0 Å². The standard InChI is InChI=1S/C28H36N4O2S/c1-4-19-11-10-12-20(5-2)25(19)30-26(33)18(3)32-23(17-31-15-8-9-16-31)29-27-24(28(32)34)21-13-6-7-14-22(21)35-27/h10-12,18H,4-9,13-17H2,1-3H3,(H,30,33). The molecule has 1 N–H and O–H groups in total. The van der Waals surface area contributed by atoms with Crippen LogP contribution < -0.4 is 10.9 Å². The van der Waals surface area contributed by atoms with Gasteiger partial charge in [-0.3, -0.25) is 19.1 Å². The first-order valence-electron chi connectivity index (χ1n) is 13.2. The minimum Gasteiger partial charge on any atom is -0.324 e. The van der Waals surface area contributed by atoms with Crippen LogP contribution in [0.4, 0.5) is 5.69 Å². The molecule has 6 nitrogen and oxygen atoms in total. The molecule has 186 valence electrons. The Kier molecular flexibility index (Phi) is 7.07. The molecule has 0 saturated carbocycles. The molecule has 3 heterocycles. The summed E-state index contributed by atoms with van der Waals surface area (Å²) >= 11 is 1.68. The van der Waals surface area contributed by atoms with Crippen molar-refractivity contribution in [2.45, 2.75) is 84.7 Å². The highest BCUT2D eigenvalue weighted by atomic mass is 32.1. The number of fused-ring (bicyclic) bond motifs is 3. The third-order valence-electron chi connectivity index (χ3n) is 7.67. The highest BCUT2D eigenvalue weighted by Gasteiger charge is 2.28. The SMILES string of the molecule is CCc1cccc(CC)c1NC(=O)C(C)n1c(CN2CCCC2)nc2sc3c(c2c1=O)CCCC3. The monoisotopic (exact) mass is 492 g/mol. The topological polar surface area (TPSA) is 67.2 Å². The number of hydrogen-bond donors (Lipinski definition) is 1. The van der Waals surface area contributed by atoms with Crippen molar-refractivity contribution in [1.82, 2.24) is 14.5 Å². The summed E-state index contributed by atoms with van der Waals surface area (Å²) in [6.45, 7) is 8.68. The van der Waals surface area contributed by atoms with Crippen LogP contribution in [0.15, 0.2) is 23.0 Å². The van der Waals surface area contributed by atoms with E-state index >= 15 is 0 Å².